The van der Waals surface area contributed by atoms with E-state index < -0.39 is 0 Å². The van der Waals surface area contributed by atoms with E-state index in [1.807, 2.05) is 26.0 Å². The molecule has 0 fully saturated rings. The maximum atomic E-state index is 12.0. The Morgan fingerprint density at radius 3 is 1.93 bits per heavy atom. The molecular weight excluding hydrogens is 354 g/mol. The summed E-state index contributed by atoms with van der Waals surface area (Å²) in [4.78, 5) is 26.7. The highest BCUT2D eigenvalue weighted by atomic mass is 16.3. The van der Waals surface area contributed by atoms with Crippen LogP contribution >= 0.6 is 0 Å². The summed E-state index contributed by atoms with van der Waals surface area (Å²) < 4.78 is 0. The highest BCUT2D eigenvalue weighted by Gasteiger charge is 2.11. The van der Waals surface area contributed by atoms with Gasteiger partial charge in [-0.05, 0) is 67.8 Å². The highest BCUT2D eigenvalue weighted by molar-refractivity contribution is 5.99. The topological polar surface area (TPSA) is 87.5 Å². The molecule has 0 bridgehead atoms. The lowest BCUT2D eigenvalue weighted by atomic mass is 10.0. The lowest BCUT2D eigenvalue weighted by Crippen LogP contribution is -2.04. The standard InChI is InChI=1S/C14H13NO2.C9H10O2/c1-10-4-5-12(13(16)7-10)14(17)8-11-3-2-6-15-9-11;1-6-3-4-8(7(2)10)9(11)5-6/h2-7,9,16H,8H2,1H3;3-5,11H,1-2H3. The largest absolute Gasteiger partial charge is 0.507 e. The van der Waals surface area contributed by atoms with Crippen LogP contribution in [0.2, 0.25) is 0 Å². The molecule has 0 aliphatic carbocycles. The van der Waals surface area contributed by atoms with Crippen LogP contribution in [0.5, 0.6) is 11.5 Å². The van der Waals surface area contributed by atoms with Crippen molar-refractivity contribution in [1.82, 2.24) is 4.98 Å². The molecule has 0 aliphatic rings. The maximum Gasteiger partial charge on any atom is 0.171 e. The molecule has 3 aromatic rings. The number of pyridine rings is 1. The van der Waals surface area contributed by atoms with Gasteiger partial charge in [-0.25, -0.2) is 0 Å². The average molecular weight is 377 g/mol. The molecule has 0 saturated carbocycles. The molecule has 0 spiro atoms. The number of Topliss-reactive ketones (excluding diaryl/α,β-unsaturated/α-hetero) is 2. The van der Waals surface area contributed by atoms with Crippen LogP contribution in [0.3, 0.4) is 0 Å². The molecule has 5 heteroatoms. The monoisotopic (exact) mass is 377 g/mol. The van der Waals surface area contributed by atoms with Crippen LogP contribution < -0.4 is 0 Å². The Hall–Kier alpha value is -3.47. The van der Waals surface area contributed by atoms with Gasteiger partial charge in [0.25, 0.3) is 0 Å². The molecule has 0 atom stereocenters. The Bertz CT molecular complexity index is 981. The van der Waals surface area contributed by atoms with Crippen LogP contribution in [0.15, 0.2) is 60.9 Å². The van der Waals surface area contributed by atoms with Crippen molar-refractivity contribution < 1.29 is 19.8 Å². The second-order valence-corrected chi connectivity index (χ2v) is 6.56. The molecule has 1 aromatic heterocycles. The van der Waals surface area contributed by atoms with E-state index in [1.165, 1.54) is 6.92 Å². The third-order valence-electron chi connectivity index (χ3n) is 4.07. The number of carbonyl (C=O) groups is 2. The summed E-state index contributed by atoms with van der Waals surface area (Å²) in [6.07, 6.45) is 3.57. The van der Waals surface area contributed by atoms with Crippen LogP contribution in [-0.4, -0.2) is 26.8 Å². The van der Waals surface area contributed by atoms with Crippen molar-refractivity contribution in [2.24, 2.45) is 0 Å². The van der Waals surface area contributed by atoms with Crippen molar-refractivity contribution in [3.05, 3.63) is 88.7 Å². The van der Waals surface area contributed by atoms with Crippen molar-refractivity contribution in [1.29, 1.82) is 0 Å². The molecule has 3 rings (SSSR count). The van der Waals surface area contributed by atoms with E-state index in [9.17, 15) is 19.8 Å². The number of rotatable bonds is 4. The molecule has 0 unspecified atom stereocenters. The van der Waals surface area contributed by atoms with Crippen LogP contribution in [0.1, 0.15) is 44.3 Å². The Morgan fingerprint density at radius 2 is 1.46 bits per heavy atom. The first kappa shape index (κ1) is 20.8. The van der Waals surface area contributed by atoms with Crippen LogP contribution in [0.25, 0.3) is 0 Å². The van der Waals surface area contributed by atoms with Crippen molar-refractivity contribution >= 4 is 11.6 Å². The van der Waals surface area contributed by atoms with E-state index in [2.05, 4.69) is 4.98 Å². The fourth-order valence-electron chi connectivity index (χ4n) is 2.60. The van der Waals surface area contributed by atoms with Crippen molar-refractivity contribution in [2.75, 3.05) is 0 Å². The average Bonchev–Trinajstić information content (AvgIpc) is 2.62. The summed E-state index contributed by atoms with van der Waals surface area (Å²) in [6.45, 7) is 5.17. The number of benzene rings is 2. The van der Waals surface area contributed by atoms with E-state index in [-0.39, 0.29) is 29.5 Å². The number of hydrogen-bond acceptors (Lipinski definition) is 5. The SMILES string of the molecule is CC(=O)c1ccc(C)cc1O.Cc1ccc(C(=O)Cc2cccnc2)c(O)c1. The summed E-state index contributed by atoms with van der Waals surface area (Å²) in [5.74, 6) is -0.102. The number of aryl methyl sites for hydroxylation is 2. The van der Waals surface area contributed by atoms with E-state index >= 15 is 0 Å². The number of nitrogens with zero attached hydrogens (tertiary/aromatic N) is 1. The summed E-state index contributed by atoms with van der Waals surface area (Å²) in [6, 6.07) is 13.7. The number of aromatic nitrogens is 1. The minimum absolute atomic E-state index is 0.0406. The minimum atomic E-state index is -0.109. The van der Waals surface area contributed by atoms with E-state index in [1.54, 1.807) is 48.8 Å². The van der Waals surface area contributed by atoms with Gasteiger partial charge in [0.05, 0.1) is 11.1 Å². The predicted molar refractivity (Wildman–Crippen MR) is 108 cm³/mol. The zero-order valence-corrected chi connectivity index (χ0v) is 16.1. The fourth-order valence-corrected chi connectivity index (χ4v) is 2.60. The smallest absolute Gasteiger partial charge is 0.171 e. The Balaban J connectivity index is 0.000000221. The zero-order chi connectivity index (χ0) is 20.7. The van der Waals surface area contributed by atoms with Gasteiger partial charge < -0.3 is 10.2 Å². The second-order valence-electron chi connectivity index (χ2n) is 6.56. The Kier molecular flexibility index (Phi) is 7.04. The number of ketones is 2. The van der Waals surface area contributed by atoms with Gasteiger partial charge >= 0.3 is 0 Å². The van der Waals surface area contributed by atoms with Gasteiger partial charge in [0, 0.05) is 18.8 Å². The quantitative estimate of drug-likeness (QED) is 0.657. The Morgan fingerprint density at radius 1 is 0.893 bits per heavy atom. The minimum Gasteiger partial charge on any atom is -0.507 e. The number of phenols is 2. The maximum absolute atomic E-state index is 12.0. The Labute approximate surface area is 164 Å². The first-order chi connectivity index (χ1) is 13.3. The molecule has 5 nitrogen and oxygen atoms in total. The number of carbonyl (C=O) groups excluding carboxylic acids is 2. The van der Waals surface area contributed by atoms with Gasteiger partial charge in [0.15, 0.2) is 11.6 Å². The molecule has 0 radical (unpaired) electrons. The molecular formula is C23H23NO4. The molecule has 0 amide bonds. The first-order valence-electron chi connectivity index (χ1n) is 8.80. The third-order valence-corrected chi connectivity index (χ3v) is 4.07. The van der Waals surface area contributed by atoms with Gasteiger partial charge in [-0.1, -0.05) is 18.2 Å². The van der Waals surface area contributed by atoms with Gasteiger partial charge in [0.1, 0.15) is 11.5 Å². The predicted octanol–water partition coefficient (Wildman–Crippen LogP) is 4.42. The van der Waals surface area contributed by atoms with Crippen molar-refractivity contribution in [2.45, 2.75) is 27.2 Å². The second kappa shape index (κ2) is 9.46. The van der Waals surface area contributed by atoms with Gasteiger partial charge in [-0.2, -0.15) is 0 Å². The summed E-state index contributed by atoms with van der Waals surface area (Å²) in [5, 5.41) is 18.9. The van der Waals surface area contributed by atoms with Gasteiger partial charge in [-0.15, -0.1) is 0 Å². The number of aromatic hydroxyl groups is 2. The summed E-state index contributed by atoms with van der Waals surface area (Å²) >= 11 is 0. The molecule has 1 heterocycles. The lowest BCUT2D eigenvalue weighted by Gasteiger charge is -2.04. The van der Waals surface area contributed by atoms with Crippen LogP contribution in [-0.2, 0) is 6.42 Å². The molecule has 2 N–H and O–H groups in total. The molecule has 0 saturated heterocycles. The van der Waals surface area contributed by atoms with Crippen molar-refractivity contribution in [3.63, 3.8) is 0 Å². The van der Waals surface area contributed by atoms with Crippen molar-refractivity contribution in [3.8, 4) is 11.5 Å². The third kappa shape index (κ3) is 5.77. The summed E-state index contributed by atoms with van der Waals surface area (Å²) in [5.41, 5.74) is 3.47. The molecule has 28 heavy (non-hydrogen) atoms. The molecule has 144 valence electrons. The van der Waals surface area contributed by atoms with E-state index in [0.29, 0.717) is 11.1 Å². The number of hydrogen-bond donors (Lipinski definition) is 2. The molecule has 2 aromatic carbocycles. The highest BCUT2D eigenvalue weighted by Crippen LogP contribution is 2.20. The van der Waals surface area contributed by atoms with Crippen LogP contribution in [0, 0.1) is 13.8 Å². The first-order valence-corrected chi connectivity index (χ1v) is 8.80. The molecule has 0 aliphatic heterocycles. The van der Waals surface area contributed by atoms with E-state index in [4.69, 9.17) is 0 Å². The van der Waals surface area contributed by atoms with Gasteiger partial charge in [0.2, 0.25) is 0 Å². The van der Waals surface area contributed by atoms with Crippen LogP contribution in [0.4, 0.5) is 0 Å². The fraction of sp³-hybridized carbons (Fsp3) is 0.174. The summed E-state index contributed by atoms with van der Waals surface area (Å²) in [7, 11) is 0. The zero-order valence-electron chi connectivity index (χ0n) is 16.1. The normalized spacial score (nSPS) is 9.96. The van der Waals surface area contributed by atoms with E-state index in [0.717, 1.165) is 16.7 Å². The lowest BCUT2D eigenvalue weighted by molar-refractivity contribution is 0.0987. The number of phenolic OH excluding ortho intramolecular Hbond substituents is 2. The van der Waals surface area contributed by atoms with Gasteiger partial charge in [-0.3, -0.25) is 14.6 Å².